The van der Waals surface area contributed by atoms with Crippen LogP contribution in [0.5, 0.6) is 0 Å². The molecule has 0 saturated heterocycles. The van der Waals surface area contributed by atoms with Crippen LogP contribution in [0, 0.1) is 0 Å². The van der Waals surface area contributed by atoms with Crippen molar-refractivity contribution in [1.29, 1.82) is 0 Å². The highest BCUT2D eigenvalue weighted by molar-refractivity contribution is 8.17. The van der Waals surface area contributed by atoms with Gasteiger partial charge < -0.3 is 0 Å². The molecule has 0 spiro atoms. The van der Waals surface area contributed by atoms with Gasteiger partial charge in [0.05, 0.1) is 4.91 Å². The molecule has 0 rings (SSSR count). The first-order valence-corrected chi connectivity index (χ1v) is 6.73. The average molecular weight is 237 g/mol. The predicted octanol–water partition coefficient (Wildman–Crippen LogP) is 3.62. The van der Waals surface area contributed by atoms with E-state index in [1.807, 2.05) is 20.8 Å². The van der Waals surface area contributed by atoms with Gasteiger partial charge in [-0.05, 0) is 19.9 Å². The van der Waals surface area contributed by atoms with Crippen molar-refractivity contribution in [3.05, 3.63) is 35.3 Å². The second kappa shape index (κ2) is 9.03. The molecular formula is C10H17ClO2S. The zero-order valence-corrected chi connectivity index (χ0v) is 10.6. The Kier molecular flexibility index (Phi) is 10.3. The number of halogens is 1. The molecule has 0 saturated carbocycles. The average Bonchev–Trinajstić information content (AvgIpc) is 2.14. The molecule has 0 aromatic rings. The molecule has 0 unspecified atom stereocenters. The topological polar surface area (TPSA) is 34.1 Å². The lowest BCUT2D eigenvalue weighted by Gasteiger charge is -1.92. The van der Waals surface area contributed by atoms with Gasteiger partial charge in [0.2, 0.25) is 0 Å². The van der Waals surface area contributed by atoms with E-state index in [0.717, 1.165) is 0 Å². The highest BCUT2D eigenvalue weighted by Gasteiger charge is 2.07. The van der Waals surface area contributed by atoms with Crippen LogP contribution in [0.3, 0.4) is 0 Å². The van der Waals surface area contributed by atoms with Gasteiger partial charge in [0.15, 0.2) is 0 Å². The lowest BCUT2D eigenvalue weighted by Crippen LogP contribution is -1.90. The lowest BCUT2D eigenvalue weighted by molar-refractivity contribution is 0.615. The van der Waals surface area contributed by atoms with Crippen LogP contribution in [-0.2, 0) is 9.05 Å². The highest BCUT2D eigenvalue weighted by Crippen LogP contribution is 2.12. The Hall–Kier alpha value is -0.540. The smallest absolute Gasteiger partial charge is 0.207 e. The van der Waals surface area contributed by atoms with E-state index in [0.29, 0.717) is 0 Å². The summed E-state index contributed by atoms with van der Waals surface area (Å²) < 4.78 is 21.6. The van der Waals surface area contributed by atoms with Crippen molar-refractivity contribution in [2.45, 2.75) is 27.7 Å². The minimum atomic E-state index is -3.58. The fraction of sp³-hybridized carbons (Fsp3) is 0.400. The van der Waals surface area contributed by atoms with Gasteiger partial charge in [-0.2, -0.15) is 0 Å². The molecule has 0 aliphatic rings. The number of allylic oxidation sites excluding steroid dienone is 5. The summed E-state index contributed by atoms with van der Waals surface area (Å²) in [7, 11) is 1.52. The number of hydrogen-bond donors (Lipinski definition) is 0. The van der Waals surface area contributed by atoms with Crippen molar-refractivity contribution in [2.75, 3.05) is 0 Å². The maximum absolute atomic E-state index is 10.8. The van der Waals surface area contributed by atoms with Crippen molar-refractivity contribution >= 4 is 19.7 Å². The van der Waals surface area contributed by atoms with Crippen molar-refractivity contribution < 1.29 is 8.42 Å². The fourth-order valence-electron chi connectivity index (χ4n) is 0.580. The summed E-state index contributed by atoms with van der Waals surface area (Å²) in [5.74, 6) is 0. The highest BCUT2D eigenvalue weighted by atomic mass is 35.7. The SMILES string of the molecule is CC.C\C=C/C=C\C(=C/C)S(=O)(=O)Cl. The maximum atomic E-state index is 10.8. The summed E-state index contributed by atoms with van der Waals surface area (Å²) in [6.45, 7) is 7.46. The van der Waals surface area contributed by atoms with Crippen LogP contribution in [-0.4, -0.2) is 8.42 Å². The number of rotatable bonds is 3. The van der Waals surface area contributed by atoms with Gasteiger partial charge in [-0.25, -0.2) is 8.42 Å². The Morgan fingerprint density at radius 2 is 1.64 bits per heavy atom. The van der Waals surface area contributed by atoms with Crippen molar-refractivity contribution in [3.8, 4) is 0 Å². The monoisotopic (exact) mass is 236 g/mol. The molecule has 0 radical (unpaired) electrons. The van der Waals surface area contributed by atoms with Crippen molar-refractivity contribution in [2.24, 2.45) is 0 Å². The molecule has 14 heavy (non-hydrogen) atoms. The molecule has 82 valence electrons. The summed E-state index contributed by atoms with van der Waals surface area (Å²) in [6.07, 6.45) is 8.04. The van der Waals surface area contributed by atoms with Gasteiger partial charge in [-0.15, -0.1) is 0 Å². The molecule has 2 nitrogen and oxygen atoms in total. The van der Waals surface area contributed by atoms with Crippen molar-refractivity contribution in [1.82, 2.24) is 0 Å². The van der Waals surface area contributed by atoms with Gasteiger partial charge >= 0.3 is 0 Å². The summed E-state index contributed by atoms with van der Waals surface area (Å²) in [5.41, 5.74) is 0. The standard InChI is InChI=1S/C8H11ClO2S.C2H6/c1-3-5-6-7-8(4-2)12(9,10)11;1-2/h3-7H,1-2H3;1-2H3/b5-3-,7-6-,8-4+;. The van der Waals surface area contributed by atoms with E-state index in [4.69, 9.17) is 10.7 Å². The first-order valence-electron chi connectivity index (χ1n) is 4.42. The molecule has 0 aromatic heterocycles. The predicted molar refractivity (Wildman–Crippen MR) is 63.8 cm³/mol. The van der Waals surface area contributed by atoms with E-state index in [9.17, 15) is 8.42 Å². The molecule has 0 heterocycles. The van der Waals surface area contributed by atoms with Gasteiger partial charge in [-0.1, -0.05) is 38.2 Å². The third-order valence-corrected chi connectivity index (χ3v) is 2.60. The molecule has 0 atom stereocenters. The zero-order chi connectivity index (χ0) is 11.6. The Labute approximate surface area is 91.4 Å². The largest absolute Gasteiger partial charge is 0.260 e. The Morgan fingerprint density at radius 1 is 1.14 bits per heavy atom. The van der Waals surface area contributed by atoms with E-state index in [2.05, 4.69) is 0 Å². The zero-order valence-electron chi connectivity index (χ0n) is 8.99. The summed E-state index contributed by atoms with van der Waals surface area (Å²) in [4.78, 5) is 0.113. The second-order valence-corrected chi connectivity index (χ2v) is 4.58. The van der Waals surface area contributed by atoms with Crippen LogP contribution >= 0.6 is 10.7 Å². The van der Waals surface area contributed by atoms with E-state index in [-0.39, 0.29) is 4.91 Å². The Balaban J connectivity index is 0. The molecule has 0 aromatic carbocycles. The van der Waals surface area contributed by atoms with Gasteiger partial charge in [0.1, 0.15) is 0 Å². The van der Waals surface area contributed by atoms with Crippen LogP contribution in [0.1, 0.15) is 27.7 Å². The molecule has 4 heteroatoms. The molecule has 0 fully saturated rings. The van der Waals surface area contributed by atoms with Gasteiger partial charge in [-0.3, -0.25) is 0 Å². The van der Waals surface area contributed by atoms with E-state index in [1.165, 1.54) is 12.2 Å². The van der Waals surface area contributed by atoms with Crippen LogP contribution in [0.25, 0.3) is 0 Å². The third kappa shape index (κ3) is 8.08. The van der Waals surface area contributed by atoms with Crippen LogP contribution in [0.4, 0.5) is 0 Å². The van der Waals surface area contributed by atoms with E-state index >= 15 is 0 Å². The minimum Gasteiger partial charge on any atom is -0.207 e. The van der Waals surface area contributed by atoms with Crippen LogP contribution in [0.2, 0.25) is 0 Å². The molecule has 0 amide bonds. The molecule has 0 N–H and O–H groups in total. The first-order chi connectivity index (χ1) is 6.52. The maximum Gasteiger partial charge on any atom is 0.260 e. The van der Waals surface area contributed by atoms with Gasteiger partial charge in [0, 0.05) is 10.7 Å². The first kappa shape index (κ1) is 15.9. The summed E-state index contributed by atoms with van der Waals surface area (Å²) >= 11 is 0. The lowest BCUT2D eigenvalue weighted by atomic mass is 10.4. The quantitative estimate of drug-likeness (QED) is 0.554. The molecule has 0 bridgehead atoms. The molecular weight excluding hydrogens is 220 g/mol. The molecule has 0 aliphatic heterocycles. The van der Waals surface area contributed by atoms with E-state index < -0.39 is 9.05 Å². The number of hydrogen-bond acceptors (Lipinski definition) is 2. The molecule has 0 aliphatic carbocycles. The van der Waals surface area contributed by atoms with Crippen LogP contribution < -0.4 is 0 Å². The minimum absolute atomic E-state index is 0.113. The Bertz CT molecular complexity index is 311. The summed E-state index contributed by atoms with van der Waals surface area (Å²) in [5, 5.41) is 0. The Morgan fingerprint density at radius 3 is 1.93 bits per heavy atom. The van der Waals surface area contributed by atoms with Crippen molar-refractivity contribution in [3.63, 3.8) is 0 Å². The second-order valence-electron chi connectivity index (χ2n) is 2.01. The summed E-state index contributed by atoms with van der Waals surface area (Å²) in [6, 6.07) is 0. The normalized spacial score (nSPS) is 13.1. The third-order valence-electron chi connectivity index (χ3n) is 1.13. The van der Waals surface area contributed by atoms with E-state index in [1.54, 1.807) is 25.2 Å². The van der Waals surface area contributed by atoms with Crippen LogP contribution in [0.15, 0.2) is 35.3 Å². The van der Waals surface area contributed by atoms with Gasteiger partial charge in [0.25, 0.3) is 9.05 Å². The fourth-order valence-corrected chi connectivity index (χ4v) is 1.52.